The van der Waals surface area contributed by atoms with Crippen molar-refractivity contribution < 1.29 is 9.59 Å². The second-order valence-electron chi connectivity index (χ2n) is 9.86. The van der Waals surface area contributed by atoms with E-state index in [1.807, 2.05) is 32.9 Å². The molecule has 156 valence electrons. The number of nitrogens with one attached hydrogen (secondary N) is 2. The number of carbonyl (C=O) groups is 2. The molecule has 6 nitrogen and oxygen atoms in total. The van der Waals surface area contributed by atoms with E-state index in [0.29, 0.717) is 12.4 Å². The van der Waals surface area contributed by atoms with E-state index in [1.54, 1.807) is 6.20 Å². The van der Waals surface area contributed by atoms with Gasteiger partial charge >= 0.3 is 0 Å². The van der Waals surface area contributed by atoms with Crippen LogP contribution in [0.3, 0.4) is 0 Å². The summed E-state index contributed by atoms with van der Waals surface area (Å²) in [6, 6.07) is 1.99. The number of rotatable bonds is 4. The van der Waals surface area contributed by atoms with Gasteiger partial charge in [0.1, 0.15) is 5.82 Å². The van der Waals surface area contributed by atoms with Crippen LogP contribution in [0.15, 0.2) is 17.3 Å². The molecule has 2 N–H and O–H groups in total. The summed E-state index contributed by atoms with van der Waals surface area (Å²) in [5.41, 5.74) is 2.11. The van der Waals surface area contributed by atoms with Crippen LogP contribution in [-0.4, -0.2) is 46.9 Å². The molecule has 1 aromatic heterocycles. The molecular weight excluding hydrogens is 388 g/mol. The molecular formula is C22H29ClN4O2. The molecule has 2 aliphatic carbocycles. The third kappa shape index (κ3) is 4.48. The molecule has 1 aromatic rings. The zero-order chi connectivity index (χ0) is 20.8. The van der Waals surface area contributed by atoms with Gasteiger partial charge in [-0.2, -0.15) is 0 Å². The van der Waals surface area contributed by atoms with Crippen LogP contribution in [0.4, 0.5) is 5.82 Å². The zero-order valence-corrected chi connectivity index (χ0v) is 18.1. The highest BCUT2D eigenvalue weighted by Crippen LogP contribution is 2.52. The van der Waals surface area contributed by atoms with Gasteiger partial charge < -0.3 is 10.6 Å². The molecule has 2 amide bonds. The van der Waals surface area contributed by atoms with Crippen LogP contribution < -0.4 is 10.6 Å². The zero-order valence-electron chi connectivity index (χ0n) is 17.3. The number of carbonyl (C=O) groups excluding carboxylic acids is 2. The molecule has 1 aliphatic heterocycles. The van der Waals surface area contributed by atoms with E-state index in [4.69, 9.17) is 11.6 Å². The largest absolute Gasteiger partial charge is 0.350 e. The predicted octanol–water partition coefficient (Wildman–Crippen LogP) is 3.17. The molecule has 0 unspecified atom stereocenters. The van der Waals surface area contributed by atoms with Crippen LogP contribution in [0.5, 0.6) is 0 Å². The van der Waals surface area contributed by atoms with Gasteiger partial charge in [0.25, 0.3) is 0 Å². The van der Waals surface area contributed by atoms with Crippen molar-refractivity contribution in [3.05, 3.63) is 28.4 Å². The minimum Gasteiger partial charge on any atom is -0.350 e. The Morgan fingerprint density at radius 1 is 1.28 bits per heavy atom. The van der Waals surface area contributed by atoms with Crippen molar-refractivity contribution in [1.82, 2.24) is 15.2 Å². The second-order valence-corrected chi connectivity index (χ2v) is 10.3. The van der Waals surface area contributed by atoms with Crippen molar-refractivity contribution in [2.24, 2.45) is 11.3 Å². The summed E-state index contributed by atoms with van der Waals surface area (Å²) in [6.07, 6.45) is 7.13. The highest BCUT2D eigenvalue weighted by molar-refractivity contribution is 6.31. The summed E-state index contributed by atoms with van der Waals surface area (Å²) in [7, 11) is 0. The minimum atomic E-state index is -0.205. The summed E-state index contributed by atoms with van der Waals surface area (Å²) in [4.78, 5) is 31.3. The lowest BCUT2D eigenvalue weighted by molar-refractivity contribution is -0.144. The molecule has 1 spiro atoms. The average Bonchev–Trinajstić information content (AvgIpc) is 2.54. The van der Waals surface area contributed by atoms with Gasteiger partial charge in [0.2, 0.25) is 11.8 Å². The topological polar surface area (TPSA) is 74.3 Å². The number of aromatic nitrogens is 1. The summed E-state index contributed by atoms with van der Waals surface area (Å²) in [5.74, 6) is 0.727. The number of halogens is 1. The molecule has 1 saturated carbocycles. The van der Waals surface area contributed by atoms with Crippen molar-refractivity contribution in [2.45, 2.75) is 52.0 Å². The molecule has 0 bridgehead atoms. The number of amides is 2. The van der Waals surface area contributed by atoms with Crippen molar-refractivity contribution in [2.75, 3.05) is 25.0 Å². The smallest absolute Gasteiger partial charge is 0.234 e. The fourth-order valence-corrected chi connectivity index (χ4v) is 5.00. The number of allylic oxidation sites excluding steroid dienone is 1. The van der Waals surface area contributed by atoms with E-state index in [0.717, 1.165) is 49.4 Å². The van der Waals surface area contributed by atoms with E-state index < -0.39 is 0 Å². The Morgan fingerprint density at radius 3 is 2.69 bits per heavy atom. The van der Waals surface area contributed by atoms with E-state index in [2.05, 4.69) is 20.5 Å². The Bertz CT molecular complexity index is 860. The number of aryl methyl sites for hydroxylation is 1. The Labute approximate surface area is 177 Å². The molecule has 29 heavy (non-hydrogen) atoms. The molecule has 4 rings (SSSR count). The lowest BCUT2D eigenvalue weighted by atomic mass is 9.57. The van der Waals surface area contributed by atoms with Crippen LogP contribution in [0.1, 0.15) is 51.2 Å². The number of likely N-dealkylation sites (tertiary alicyclic amines) is 1. The van der Waals surface area contributed by atoms with Crippen molar-refractivity contribution in [1.29, 1.82) is 0 Å². The van der Waals surface area contributed by atoms with Gasteiger partial charge in [-0.15, -0.1) is 0 Å². The molecule has 1 saturated heterocycles. The van der Waals surface area contributed by atoms with Gasteiger partial charge in [0.15, 0.2) is 0 Å². The van der Waals surface area contributed by atoms with Crippen LogP contribution in [0.25, 0.3) is 6.08 Å². The number of fused-ring (bicyclic) bond motifs is 1. The van der Waals surface area contributed by atoms with Crippen LogP contribution in [-0.2, 0) is 16.0 Å². The van der Waals surface area contributed by atoms with Gasteiger partial charge in [-0.25, -0.2) is 4.98 Å². The molecule has 0 radical (unpaired) electrons. The first-order valence-corrected chi connectivity index (χ1v) is 10.7. The first kappa shape index (κ1) is 20.4. The minimum absolute atomic E-state index is 0.0150. The molecule has 0 aromatic carbocycles. The Hall–Kier alpha value is -1.92. The number of hydrogen-bond donors (Lipinski definition) is 2. The standard InChI is InChI=1S/C22H29ClN4O2/c1-21(2,3)26-18(28)11-27-12-22(13-27)9-15(10-22)20(29)25-19-17-8-16(23)5-4-14(17)6-7-24-19/h6-8,15H,4-5,9-13H2,1-3H3,(H,26,28)(H,24,25,29). The predicted molar refractivity (Wildman–Crippen MR) is 115 cm³/mol. The Morgan fingerprint density at radius 2 is 2.00 bits per heavy atom. The summed E-state index contributed by atoms with van der Waals surface area (Å²) in [5, 5.41) is 6.81. The first-order chi connectivity index (χ1) is 13.6. The highest BCUT2D eigenvalue weighted by Gasteiger charge is 2.54. The van der Waals surface area contributed by atoms with Gasteiger partial charge in [-0.3, -0.25) is 14.5 Å². The monoisotopic (exact) mass is 416 g/mol. The third-order valence-corrected chi connectivity index (χ3v) is 6.28. The van der Waals surface area contributed by atoms with Crippen LogP contribution in [0, 0.1) is 11.3 Å². The van der Waals surface area contributed by atoms with Crippen molar-refractivity contribution in [3.8, 4) is 0 Å². The summed E-state index contributed by atoms with van der Waals surface area (Å²) >= 11 is 6.19. The molecule has 0 atom stereocenters. The lowest BCUT2D eigenvalue weighted by Crippen LogP contribution is -2.65. The fraction of sp³-hybridized carbons (Fsp3) is 0.591. The lowest BCUT2D eigenvalue weighted by Gasteiger charge is -2.58. The summed E-state index contributed by atoms with van der Waals surface area (Å²) in [6.45, 7) is 8.18. The average molecular weight is 417 g/mol. The van der Waals surface area contributed by atoms with Gasteiger partial charge in [-0.1, -0.05) is 11.6 Å². The summed E-state index contributed by atoms with van der Waals surface area (Å²) < 4.78 is 0. The SMILES string of the molecule is CC(C)(C)NC(=O)CN1CC2(CC(C(=O)Nc3nccc4c3C=C(Cl)CC4)C2)C1. The van der Waals surface area contributed by atoms with Gasteiger partial charge in [-0.05, 0) is 69.6 Å². The number of pyridine rings is 1. The van der Waals surface area contributed by atoms with Crippen LogP contribution in [0.2, 0.25) is 0 Å². The van der Waals surface area contributed by atoms with E-state index >= 15 is 0 Å². The molecule has 7 heteroatoms. The molecule has 3 aliphatic rings. The fourth-order valence-electron chi connectivity index (χ4n) is 4.80. The number of anilines is 1. The van der Waals surface area contributed by atoms with Crippen molar-refractivity contribution >= 4 is 35.3 Å². The third-order valence-electron chi connectivity index (χ3n) is 5.99. The highest BCUT2D eigenvalue weighted by atomic mass is 35.5. The van der Waals surface area contributed by atoms with Gasteiger partial charge in [0, 0.05) is 41.3 Å². The second kappa shape index (κ2) is 7.40. The molecule has 2 heterocycles. The Kier molecular flexibility index (Phi) is 5.20. The number of nitrogens with zero attached hydrogens (tertiary/aromatic N) is 2. The molecule has 2 fully saturated rings. The maximum Gasteiger partial charge on any atom is 0.234 e. The van der Waals surface area contributed by atoms with E-state index in [-0.39, 0.29) is 28.7 Å². The van der Waals surface area contributed by atoms with E-state index in [1.165, 1.54) is 5.56 Å². The first-order valence-electron chi connectivity index (χ1n) is 10.3. The van der Waals surface area contributed by atoms with Gasteiger partial charge in [0.05, 0.1) is 6.54 Å². The van der Waals surface area contributed by atoms with Crippen molar-refractivity contribution in [3.63, 3.8) is 0 Å². The number of hydrogen-bond acceptors (Lipinski definition) is 4. The maximum absolute atomic E-state index is 12.7. The van der Waals surface area contributed by atoms with Crippen LogP contribution >= 0.6 is 11.6 Å². The Balaban J connectivity index is 1.27. The van der Waals surface area contributed by atoms with E-state index in [9.17, 15) is 9.59 Å². The quantitative estimate of drug-likeness (QED) is 0.790. The normalized spacial score (nSPS) is 20.9. The maximum atomic E-state index is 12.7.